The van der Waals surface area contributed by atoms with Gasteiger partial charge in [0.05, 0.1) is 17.3 Å². The second kappa shape index (κ2) is 12.3. The molecule has 2 heterocycles. The maximum absolute atomic E-state index is 15.4. The van der Waals surface area contributed by atoms with E-state index in [1.807, 2.05) is 57.2 Å². The van der Waals surface area contributed by atoms with Crippen LogP contribution in [-0.4, -0.2) is 32.7 Å². The van der Waals surface area contributed by atoms with Gasteiger partial charge in [0, 0.05) is 28.6 Å². The predicted octanol–water partition coefficient (Wildman–Crippen LogP) is 7.19. The first-order chi connectivity index (χ1) is 21.5. The van der Waals surface area contributed by atoms with Gasteiger partial charge in [0.1, 0.15) is 28.0 Å². The number of rotatable bonds is 5. The standard InChI is InChI=1S/C35H37ClFN5O2S/c1-34(2,3)45(44)41-35(24-7-4-6-22(18-24)21-38)16-15-23-19-28(23)32(39-27-12-10-26(36)11-13-27)42-17-5-8-31(42)33(43)40-30-20-25(35)9-14-29(30)37/h4,6-7,9-14,18,20,23,31,39,41H,5,8,15-17,19H2,1-3H3,(H,40,43)/b32-28-/t23?,31-,35?,45+/m0/s1. The van der Waals surface area contributed by atoms with E-state index >= 15 is 4.39 Å². The van der Waals surface area contributed by atoms with Crippen LogP contribution in [0.2, 0.25) is 5.02 Å². The summed E-state index contributed by atoms with van der Waals surface area (Å²) in [6.07, 6.45) is 3.60. The first-order valence-electron chi connectivity index (χ1n) is 15.3. The highest BCUT2D eigenvalue weighted by Gasteiger charge is 2.46. The number of carbonyl (C=O) groups excluding carboxylic acids is 1. The molecule has 2 unspecified atom stereocenters. The number of amides is 1. The van der Waals surface area contributed by atoms with Gasteiger partial charge in [-0.05, 0) is 124 Å². The van der Waals surface area contributed by atoms with Crippen LogP contribution < -0.4 is 15.4 Å². The van der Waals surface area contributed by atoms with Crippen molar-refractivity contribution < 1.29 is 13.7 Å². The van der Waals surface area contributed by atoms with Crippen LogP contribution in [-0.2, 0) is 21.7 Å². The van der Waals surface area contributed by atoms with Gasteiger partial charge in [-0.25, -0.2) is 4.39 Å². The van der Waals surface area contributed by atoms with Crippen LogP contribution in [0.4, 0.5) is 15.8 Å². The molecule has 7 nitrogen and oxygen atoms in total. The second-order valence-corrected chi connectivity index (χ2v) is 15.5. The van der Waals surface area contributed by atoms with Gasteiger partial charge < -0.3 is 20.1 Å². The minimum absolute atomic E-state index is 0.0674. The van der Waals surface area contributed by atoms with Crippen molar-refractivity contribution in [3.8, 4) is 6.07 Å². The first kappa shape index (κ1) is 31.4. The van der Waals surface area contributed by atoms with Gasteiger partial charge in [0.15, 0.2) is 0 Å². The highest BCUT2D eigenvalue weighted by molar-refractivity contribution is 7.90. The van der Waals surface area contributed by atoms with Crippen LogP contribution in [0.25, 0.3) is 0 Å². The maximum Gasteiger partial charge on any atom is 0.247 e. The van der Waals surface area contributed by atoms with Gasteiger partial charge in [0.2, 0.25) is 5.91 Å². The molecular formula is C35H37ClFN5O2S. The lowest BCUT2D eigenvalue weighted by atomic mass is 9.78. The van der Waals surface area contributed by atoms with Crippen LogP contribution in [0.5, 0.6) is 0 Å². The van der Waals surface area contributed by atoms with Crippen molar-refractivity contribution in [2.45, 2.75) is 69.2 Å². The van der Waals surface area contributed by atoms with E-state index in [0.29, 0.717) is 35.5 Å². The Morgan fingerprint density at radius 1 is 1.11 bits per heavy atom. The summed E-state index contributed by atoms with van der Waals surface area (Å²) in [5, 5.41) is 16.9. The normalized spacial score (nSPS) is 25.4. The van der Waals surface area contributed by atoms with E-state index in [2.05, 4.69) is 26.3 Å². The molecule has 4 atom stereocenters. The Hall–Kier alpha value is -3.55. The Balaban J connectivity index is 1.50. The Morgan fingerprint density at radius 2 is 1.87 bits per heavy atom. The van der Waals surface area contributed by atoms with Gasteiger partial charge in [0.25, 0.3) is 0 Å². The third kappa shape index (κ3) is 6.43. The molecular weight excluding hydrogens is 609 g/mol. The number of hydrogen-bond acceptors (Lipinski definition) is 6. The Labute approximate surface area is 272 Å². The van der Waals surface area contributed by atoms with Crippen molar-refractivity contribution >= 4 is 40.2 Å². The van der Waals surface area contributed by atoms with Crippen LogP contribution in [0.3, 0.4) is 0 Å². The van der Waals surface area contributed by atoms with E-state index in [1.165, 1.54) is 11.6 Å². The van der Waals surface area contributed by atoms with Gasteiger partial charge in [-0.2, -0.15) is 5.26 Å². The molecule has 3 aromatic rings. The zero-order chi connectivity index (χ0) is 31.9. The molecule has 1 amide bonds. The molecule has 0 spiro atoms. The third-order valence-corrected chi connectivity index (χ3v) is 10.8. The van der Waals surface area contributed by atoms with Gasteiger partial charge in [-0.1, -0.05) is 29.8 Å². The first-order valence-corrected chi connectivity index (χ1v) is 16.8. The molecule has 0 radical (unpaired) electrons. The van der Waals surface area contributed by atoms with E-state index < -0.39 is 33.5 Å². The van der Waals surface area contributed by atoms with E-state index in [1.54, 1.807) is 24.3 Å². The number of nitrogens with zero attached hydrogens (tertiary/aromatic N) is 2. The van der Waals surface area contributed by atoms with Crippen molar-refractivity contribution in [3.63, 3.8) is 0 Å². The summed E-state index contributed by atoms with van der Waals surface area (Å²) >= 11 is 4.63. The van der Waals surface area contributed by atoms with E-state index in [-0.39, 0.29) is 17.5 Å². The zero-order valence-electron chi connectivity index (χ0n) is 25.6. The van der Waals surface area contributed by atoms with Crippen molar-refractivity contribution in [3.05, 3.63) is 106 Å². The van der Waals surface area contributed by atoms with Crippen LogP contribution in [0.1, 0.15) is 69.6 Å². The quantitative estimate of drug-likeness (QED) is 0.254. The summed E-state index contributed by atoms with van der Waals surface area (Å²) in [7, 11) is 0. The summed E-state index contributed by atoms with van der Waals surface area (Å²) in [5.41, 5.74) is 3.00. The topological polar surface area (TPSA) is 103 Å². The fourth-order valence-electron chi connectivity index (χ4n) is 6.37. The van der Waals surface area contributed by atoms with Gasteiger partial charge >= 0.3 is 0 Å². The minimum atomic E-state index is -1.53. The predicted molar refractivity (Wildman–Crippen MR) is 177 cm³/mol. The van der Waals surface area contributed by atoms with Crippen LogP contribution in [0, 0.1) is 23.1 Å². The van der Waals surface area contributed by atoms with Crippen LogP contribution >= 0.6 is 11.6 Å². The lowest BCUT2D eigenvalue weighted by molar-refractivity contribution is -0.119. The largest absolute Gasteiger partial charge is 0.598 e. The number of nitriles is 1. The summed E-state index contributed by atoms with van der Waals surface area (Å²) in [5.74, 6) is 0.297. The molecule has 6 rings (SSSR count). The Bertz CT molecular complexity index is 1680. The average molecular weight is 646 g/mol. The number of anilines is 2. The molecule has 10 heteroatoms. The summed E-state index contributed by atoms with van der Waals surface area (Å²) in [6.45, 7) is 6.39. The zero-order valence-corrected chi connectivity index (χ0v) is 27.2. The second-order valence-electron chi connectivity index (χ2n) is 13.1. The number of nitrogens with one attached hydrogen (secondary N) is 3. The van der Waals surface area contributed by atoms with Crippen LogP contribution in [0.15, 0.2) is 78.1 Å². The molecule has 2 fully saturated rings. The summed E-state index contributed by atoms with van der Waals surface area (Å²) < 4.78 is 32.2. The lowest BCUT2D eigenvalue weighted by Crippen LogP contribution is -2.52. The molecule has 0 aromatic heterocycles. The molecule has 45 heavy (non-hydrogen) atoms. The molecule has 1 saturated heterocycles. The number of hydrogen-bond donors (Lipinski definition) is 3. The van der Waals surface area contributed by atoms with Crippen molar-refractivity contribution in [1.29, 1.82) is 5.26 Å². The number of fused-ring (bicyclic) bond motifs is 4. The highest BCUT2D eigenvalue weighted by Crippen LogP contribution is 2.49. The monoisotopic (exact) mass is 645 g/mol. The van der Waals surface area contributed by atoms with Gasteiger partial charge in [-0.3, -0.25) is 4.79 Å². The van der Waals surface area contributed by atoms with Crippen molar-refractivity contribution in [2.75, 3.05) is 17.2 Å². The molecule has 1 saturated carbocycles. The molecule has 3 aliphatic rings. The highest BCUT2D eigenvalue weighted by atomic mass is 35.5. The fraction of sp³-hybridized carbons (Fsp3) is 0.371. The number of benzene rings is 3. The third-order valence-electron chi connectivity index (χ3n) is 8.95. The molecule has 3 N–H and O–H groups in total. The summed E-state index contributed by atoms with van der Waals surface area (Å²) in [6, 6.07) is 21.2. The van der Waals surface area contributed by atoms with Crippen molar-refractivity contribution in [1.82, 2.24) is 9.62 Å². The Kier molecular flexibility index (Phi) is 8.61. The average Bonchev–Trinajstić information content (AvgIpc) is 3.62. The minimum Gasteiger partial charge on any atom is -0.598 e. The molecule has 234 valence electrons. The molecule has 1 aliphatic carbocycles. The summed E-state index contributed by atoms with van der Waals surface area (Å²) in [4.78, 5) is 16.0. The number of carbonyl (C=O) groups is 1. The smallest absolute Gasteiger partial charge is 0.247 e. The van der Waals surface area contributed by atoms with Gasteiger partial charge in [-0.15, -0.1) is 4.72 Å². The Morgan fingerprint density at radius 3 is 2.60 bits per heavy atom. The number of allylic oxidation sites excluding steroid dienone is 1. The lowest BCUT2D eigenvalue weighted by Gasteiger charge is -2.39. The van der Waals surface area contributed by atoms with E-state index in [9.17, 15) is 14.6 Å². The molecule has 2 bridgehead atoms. The number of halogens is 2. The fourth-order valence-corrected chi connectivity index (χ4v) is 7.46. The van der Waals surface area contributed by atoms with E-state index in [4.69, 9.17) is 11.6 Å². The van der Waals surface area contributed by atoms with Crippen molar-refractivity contribution in [2.24, 2.45) is 5.92 Å². The van der Waals surface area contributed by atoms with E-state index in [0.717, 1.165) is 36.3 Å². The SMILES string of the molecule is CC(C)(C)[S@@+]([O-])NC1(c2cccc(C#N)c2)CCC2C/C2=C(\Nc2ccc(Cl)cc2)N2CCC[C@H]2C(=O)Nc2cc1ccc2F. The maximum atomic E-state index is 15.4. The molecule has 2 aliphatic heterocycles. The molecule has 3 aromatic carbocycles.